The van der Waals surface area contributed by atoms with Crippen LogP contribution < -0.4 is 5.32 Å². The highest BCUT2D eigenvalue weighted by molar-refractivity contribution is 5.22. The van der Waals surface area contributed by atoms with Crippen LogP contribution in [0.1, 0.15) is 12.0 Å². The quantitative estimate of drug-likeness (QED) is 0.710. The van der Waals surface area contributed by atoms with Gasteiger partial charge in [0.25, 0.3) is 0 Å². The normalized spacial score (nSPS) is 35.0. The van der Waals surface area contributed by atoms with Gasteiger partial charge in [0.2, 0.25) is 0 Å². The topological polar surface area (TPSA) is 24.6 Å². The lowest BCUT2D eigenvalue weighted by molar-refractivity contribution is 0.294. The van der Waals surface area contributed by atoms with Crippen molar-refractivity contribution in [3.05, 3.63) is 35.9 Å². The lowest BCUT2D eigenvalue weighted by atomic mass is 9.92. The third kappa shape index (κ3) is 1.35. The fraction of sp³-hybridized carbons (Fsp3) is 0.500. The van der Waals surface area contributed by atoms with Crippen molar-refractivity contribution in [2.45, 2.75) is 24.5 Å². The second-order valence-electron chi connectivity index (χ2n) is 4.30. The van der Waals surface area contributed by atoms with Crippen molar-refractivity contribution in [2.24, 2.45) is 0 Å². The molecule has 2 unspecified atom stereocenters. The van der Waals surface area contributed by atoms with E-state index in [2.05, 4.69) is 35.6 Å². The number of nitrogens with one attached hydrogen (secondary N) is 1. The summed E-state index contributed by atoms with van der Waals surface area (Å²) in [6.45, 7) is 2.13. The summed E-state index contributed by atoms with van der Waals surface area (Å²) in [7, 11) is 0. The van der Waals surface area contributed by atoms with Gasteiger partial charge in [-0.3, -0.25) is 0 Å². The van der Waals surface area contributed by atoms with E-state index in [1.807, 2.05) is 0 Å². The number of fused-ring (bicyclic) bond motifs is 1. The molecule has 1 aromatic carbocycles. The van der Waals surface area contributed by atoms with Crippen LogP contribution in [0.15, 0.2) is 30.3 Å². The van der Waals surface area contributed by atoms with Crippen molar-refractivity contribution >= 4 is 0 Å². The van der Waals surface area contributed by atoms with Gasteiger partial charge in [0.05, 0.1) is 6.10 Å². The lowest BCUT2D eigenvalue weighted by Crippen LogP contribution is -2.39. The van der Waals surface area contributed by atoms with E-state index in [1.165, 1.54) is 12.0 Å². The zero-order valence-corrected chi connectivity index (χ0v) is 8.20. The number of ether oxygens (including phenoxy) is 1. The molecule has 0 radical (unpaired) electrons. The van der Waals surface area contributed by atoms with Gasteiger partial charge >= 0.3 is 0 Å². The monoisotopic (exact) mass is 189 g/mol. The molecule has 3 rings (SSSR count). The Balaban J connectivity index is 1.74. The van der Waals surface area contributed by atoms with Crippen molar-refractivity contribution in [3.63, 3.8) is 0 Å². The molecule has 0 bridgehead atoms. The minimum Gasteiger partial charge on any atom is -0.364 e. The van der Waals surface area contributed by atoms with E-state index in [0.717, 1.165) is 19.5 Å². The van der Waals surface area contributed by atoms with Crippen LogP contribution >= 0.6 is 0 Å². The largest absolute Gasteiger partial charge is 0.364 e. The lowest BCUT2D eigenvalue weighted by Gasteiger charge is -2.18. The minimum absolute atomic E-state index is 0.138. The zero-order valence-electron chi connectivity index (χ0n) is 8.20. The standard InChI is InChI=1S/C12H15NO/c1-2-4-10(5-3-1)8-12-9-13-7-6-11(12)14-12/h1-5,11,13H,6-9H2. The van der Waals surface area contributed by atoms with Gasteiger partial charge in [-0.2, -0.15) is 0 Å². The van der Waals surface area contributed by atoms with Crippen LogP contribution in [0.25, 0.3) is 0 Å². The average molecular weight is 189 g/mol. The van der Waals surface area contributed by atoms with Crippen LogP contribution in [0, 0.1) is 0 Å². The molecule has 2 atom stereocenters. The second kappa shape index (κ2) is 3.07. The minimum atomic E-state index is 0.138. The Bertz CT molecular complexity index is 324. The SMILES string of the molecule is c1ccc(CC23CNCCC2O3)cc1. The Morgan fingerprint density at radius 2 is 2.21 bits per heavy atom. The van der Waals surface area contributed by atoms with Crippen molar-refractivity contribution in [1.82, 2.24) is 5.32 Å². The molecule has 1 N–H and O–H groups in total. The molecular weight excluding hydrogens is 174 g/mol. The van der Waals surface area contributed by atoms with Gasteiger partial charge in [-0.05, 0) is 18.5 Å². The fourth-order valence-corrected chi connectivity index (χ4v) is 2.42. The first-order chi connectivity index (χ1) is 6.89. The average Bonchev–Trinajstić information content (AvgIpc) is 2.93. The summed E-state index contributed by atoms with van der Waals surface area (Å²) >= 11 is 0. The number of rotatable bonds is 2. The van der Waals surface area contributed by atoms with Crippen LogP contribution in [0.2, 0.25) is 0 Å². The second-order valence-corrected chi connectivity index (χ2v) is 4.30. The van der Waals surface area contributed by atoms with Crippen molar-refractivity contribution in [1.29, 1.82) is 0 Å². The molecule has 0 aromatic heterocycles. The molecule has 2 saturated heterocycles. The smallest absolute Gasteiger partial charge is 0.111 e. The Kier molecular flexibility index (Phi) is 1.85. The summed E-state index contributed by atoms with van der Waals surface area (Å²) in [6, 6.07) is 10.6. The van der Waals surface area contributed by atoms with Gasteiger partial charge in [-0.1, -0.05) is 30.3 Å². The van der Waals surface area contributed by atoms with Gasteiger partial charge in [-0.15, -0.1) is 0 Å². The molecule has 0 saturated carbocycles. The van der Waals surface area contributed by atoms with E-state index in [9.17, 15) is 0 Å². The van der Waals surface area contributed by atoms with Crippen LogP contribution in [0.5, 0.6) is 0 Å². The Labute approximate surface area is 84.3 Å². The van der Waals surface area contributed by atoms with Crippen molar-refractivity contribution < 1.29 is 4.74 Å². The number of hydrogen-bond donors (Lipinski definition) is 1. The Hall–Kier alpha value is -0.860. The first kappa shape index (κ1) is 8.45. The number of benzene rings is 1. The van der Waals surface area contributed by atoms with Gasteiger partial charge in [0, 0.05) is 13.0 Å². The molecule has 0 aliphatic carbocycles. The van der Waals surface area contributed by atoms with Crippen LogP contribution in [0.3, 0.4) is 0 Å². The third-order valence-corrected chi connectivity index (χ3v) is 3.26. The van der Waals surface area contributed by atoms with Crippen molar-refractivity contribution in [2.75, 3.05) is 13.1 Å². The molecule has 2 aliphatic heterocycles. The summed E-state index contributed by atoms with van der Waals surface area (Å²) in [6.07, 6.45) is 2.75. The summed E-state index contributed by atoms with van der Waals surface area (Å²) in [5.41, 5.74) is 1.53. The van der Waals surface area contributed by atoms with Crippen LogP contribution in [-0.4, -0.2) is 24.8 Å². The zero-order chi connectivity index (χ0) is 9.43. The molecule has 14 heavy (non-hydrogen) atoms. The molecule has 2 heterocycles. The number of piperidine rings is 1. The highest BCUT2D eigenvalue weighted by atomic mass is 16.6. The molecule has 74 valence electrons. The maximum Gasteiger partial charge on any atom is 0.111 e. The summed E-state index contributed by atoms with van der Waals surface area (Å²) in [5, 5.41) is 3.41. The van der Waals surface area contributed by atoms with E-state index in [0.29, 0.717) is 6.10 Å². The van der Waals surface area contributed by atoms with Crippen molar-refractivity contribution in [3.8, 4) is 0 Å². The summed E-state index contributed by atoms with van der Waals surface area (Å²) < 4.78 is 5.81. The van der Waals surface area contributed by atoms with Gasteiger partial charge in [0.15, 0.2) is 0 Å². The molecule has 0 spiro atoms. The van der Waals surface area contributed by atoms with E-state index in [4.69, 9.17) is 4.74 Å². The Morgan fingerprint density at radius 1 is 1.36 bits per heavy atom. The Morgan fingerprint density at radius 3 is 3.00 bits per heavy atom. The molecule has 2 aliphatic rings. The third-order valence-electron chi connectivity index (χ3n) is 3.26. The molecule has 2 nitrogen and oxygen atoms in total. The number of hydrogen-bond acceptors (Lipinski definition) is 2. The molecule has 1 aromatic rings. The molecule has 2 fully saturated rings. The highest BCUT2D eigenvalue weighted by Gasteiger charge is 2.56. The summed E-state index contributed by atoms with van der Waals surface area (Å²) in [4.78, 5) is 0. The maximum atomic E-state index is 5.81. The van der Waals surface area contributed by atoms with E-state index >= 15 is 0 Å². The fourth-order valence-electron chi connectivity index (χ4n) is 2.42. The van der Waals surface area contributed by atoms with E-state index in [-0.39, 0.29) is 5.60 Å². The van der Waals surface area contributed by atoms with E-state index in [1.54, 1.807) is 0 Å². The van der Waals surface area contributed by atoms with Crippen LogP contribution in [-0.2, 0) is 11.2 Å². The maximum absolute atomic E-state index is 5.81. The molecule has 2 heteroatoms. The van der Waals surface area contributed by atoms with Gasteiger partial charge < -0.3 is 10.1 Å². The van der Waals surface area contributed by atoms with Crippen LogP contribution in [0.4, 0.5) is 0 Å². The molecular formula is C12H15NO. The number of epoxide rings is 1. The van der Waals surface area contributed by atoms with Gasteiger partial charge in [0.1, 0.15) is 5.60 Å². The summed E-state index contributed by atoms with van der Waals surface area (Å²) in [5.74, 6) is 0. The van der Waals surface area contributed by atoms with E-state index < -0.39 is 0 Å². The predicted octanol–water partition coefficient (Wildman–Crippen LogP) is 1.36. The molecule has 0 amide bonds. The highest BCUT2D eigenvalue weighted by Crippen LogP contribution is 2.42. The first-order valence-corrected chi connectivity index (χ1v) is 5.32. The first-order valence-electron chi connectivity index (χ1n) is 5.32. The predicted molar refractivity (Wildman–Crippen MR) is 55.2 cm³/mol. The van der Waals surface area contributed by atoms with Gasteiger partial charge in [-0.25, -0.2) is 0 Å².